The van der Waals surface area contributed by atoms with Gasteiger partial charge in [-0.25, -0.2) is 0 Å². The highest BCUT2D eigenvalue weighted by Gasteiger charge is 2.32. The van der Waals surface area contributed by atoms with E-state index in [1.54, 1.807) is 0 Å². The normalized spacial score (nSPS) is 22.6. The van der Waals surface area contributed by atoms with Gasteiger partial charge in [-0.2, -0.15) is 5.10 Å². The van der Waals surface area contributed by atoms with E-state index in [9.17, 15) is 9.59 Å². The molecule has 1 aromatic carbocycles. The van der Waals surface area contributed by atoms with Crippen LogP contribution >= 0.6 is 0 Å². The summed E-state index contributed by atoms with van der Waals surface area (Å²) in [6.07, 6.45) is 3.24. The van der Waals surface area contributed by atoms with Crippen molar-refractivity contribution >= 4 is 22.7 Å². The molecular weight excluding hydrogens is 352 g/mol. The lowest BCUT2D eigenvalue weighted by atomic mass is 9.86. The van der Waals surface area contributed by atoms with E-state index in [0.29, 0.717) is 18.8 Å². The Morgan fingerprint density at radius 3 is 2.46 bits per heavy atom. The zero-order valence-electron chi connectivity index (χ0n) is 17.3. The second kappa shape index (κ2) is 6.99. The van der Waals surface area contributed by atoms with Crippen LogP contribution in [0.5, 0.6) is 0 Å². The summed E-state index contributed by atoms with van der Waals surface area (Å²) >= 11 is 0. The van der Waals surface area contributed by atoms with Crippen molar-refractivity contribution in [3.05, 3.63) is 29.5 Å². The number of fused-ring (bicyclic) bond motifs is 1. The molecule has 2 aliphatic rings. The van der Waals surface area contributed by atoms with Crippen LogP contribution in [0.1, 0.15) is 69.5 Å². The van der Waals surface area contributed by atoms with Gasteiger partial charge in [-0.1, -0.05) is 12.1 Å². The third-order valence-electron chi connectivity index (χ3n) is 6.39. The van der Waals surface area contributed by atoms with Crippen molar-refractivity contribution in [2.24, 2.45) is 7.05 Å². The summed E-state index contributed by atoms with van der Waals surface area (Å²) in [6, 6.07) is 6.57. The summed E-state index contributed by atoms with van der Waals surface area (Å²) in [4.78, 5) is 26.3. The lowest BCUT2D eigenvalue weighted by Gasteiger charge is -2.41. The highest BCUT2D eigenvalue weighted by molar-refractivity contribution is 6.02. The van der Waals surface area contributed by atoms with Crippen LogP contribution in [0.15, 0.2) is 18.2 Å². The number of nitrogens with zero attached hydrogens (tertiary/aromatic N) is 3. The molecule has 1 unspecified atom stereocenters. The van der Waals surface area contributed by atoms with Crippen molar-refractivity contribution in [2.75, 3.05) is 13.1 Å². The number of benzene rings is 1. The molecule has 2 amide bonds. The average molecular weight is 383 g/mol. The highest BCUT2D eigenvalue weighted by Crippen LogP contribution is 2.35. The average Bonchev–Trinajstić information content (AvgIpc) is 2.97. The SMILES string of the molecule is Cn1nc(C2CCC(=O)NC2=O)c2ccc(C3CCN(C(C)(C)C)CC3)cc21. The van der Waals surface area contributed by atoms with Gasteiger partial charge in [0.15, 0.2) is 0 Å². The molecule has 1 N–H and O–H groups in total. The van der Waals surface area contributed by atoms with Gasteiger partial charge in [0.05, 0.1) is 17.1 Å². The molecule has 2 aromatic rings. The maximum atomic E-state index is 12.3. The van der Waals surface area contributed by atoms with Crippen LogP contribution in [-0.4, -0.2) is 45.1 Å². The molecule has 0 radical (unpaired) electrons. The van der Waals surface area contributed by atoms with Gasteiger partial charge in [-0.15, -0.1) is 0 Å². The topological polar surface area (TPSA) is 67.2 Å². The van der Waals surface area contributed by atoms with Gasteiger partial charge >= 0.3 is 0 Å². The fraction of sp³-hybridized carbons (Fsp3) is 0.591. The molecule has 0 saturated carbocycles. The quantitative estimate of drug-likeness (QED) is 0.811. The van der Waals surface area contributed by atoms with Crippen LogP contribution < -0.4 is 5.32 Å². The summed E-state index contributed by atoms with van der Waals surface area (Å²) < 4.78 is 1.88. The summed E-state index contributed by atoms with van der Waals surface area (Å²) in [5.41, 5.74) is 3.44. The number of amides is 2. The predicted octanol–water partition coefficient (Wildman–Crippen LogP) is 3.07. The van der Waals surface area contributed by atoms with E-state index in [0.717, 1.165) is 29.7 Å². The van der Waals surface area contributed by atoms with Gasteiger partial charge in [0.1, 0.15) is 0 Å². The molecule has 1 atom stereocenters. The summed E-state index contributed by atoms with van der Waals surface area (Å²) in [6.45, 7) is 9.10. The molecular formula is C22H30N4O2. The number of nitrogens with one attached hydrogen (secondary N) is 1. The van der Waals surface area contributed by atoms with Crippen molar-refractivity contribution in [1.82, 2.24) is 20.0 Å². The zero-order chi connectivity index (χ0) is 20.1. The Bertz CT molecular complexity index is 916. The Morgan fingerprint density at radius 2 is 1.82 bits per heavy atom. The van der Waals surface area contributed by atoms with Crippen LogP contribution in [0, 0.1) is 0 Å². The van der Waals surface area contributed by atoms with Crippen molar-refractivity contribution in [2.45, 2.75) is 63.8 Å². The molecule has 1 aromatic heterocycles. The fourth-order valence-corrected chi connectivity index (χ4v) is 4.65. The monoisotopic (exact) mass is 382 g/mol. The number of aryl methyl sites for hydroxylation is 1. The van der Waals surface area contributed by atoms with Crippen molar-refractivity contribution in [1.29, 1.82) is 0 Å². The van der Waals surface area contributed by atoms with E-state index < -0.39 is 0 Å². The molecule has 2 aliphatic heterocycles. The van der Waals surface area contributed by atoms with E-state index in [1.807, 2.05) is 11.7 Å². The predicted molar refractivity (Wildman–Crippen MR) is 109 cm³/mol. The number of hydrogen-bond donors (Lipinski definition) is 1. The number of likely N-dealkylation sites (tertiary alicyclic amines) is 1. The highest BCUT2D eigenvalue weighted by atomic mass is 16.2. The van der Waals surface area contributed by atoms with Crippen LogP contribution in [0.2, 0.25) is 0 Å². The molecule has 4 rings (SSSR count). The van der Waals surface area contributed by atoms with Gasteiger partial charge in [0, 0.05) is 24.4 Å². The van der Waals surface area contributed by atoms with E-state index in [2.05, 4.69) is 54.3 Å². The van der Waals surface area contributed by atoms with E-state index in [4.69, 9.17) is 0 Å². The van der Waals surface area contributed by atoms with Crippen LogP contribution in [0.25, 0.3) is 10.9 Å². The molecule has 150 valence electrons. The van der Waals surface area contributed by atoms with Gasteiger partial charge in [-0.3, -0.25) is 24.5 Å². The minimum Gasteiger partial charge on any atom is -0.298 e. The first-order valence-electron chi connectivity index (χ1n) is 10.3. The summed E-state index contributed by atoms with van der Waals surface area (Å²) in [7, 11) is 1.93. The number of carbonyl (C=O) groups is 2. The number of hydrogen-bond acceptors (Lipinski definition) is 4. The summed E-state index contributed by atoms with van der Waals surface area (Å²) in [5.74, 6) is -0.195. The third-order valence-corrected chi connectivity index (χ3v) is 6.39. The van der Waals surface area contributed by atoms with Gasteiger partial charge in [-0.05, 0) is 70.7 Å². The Hall–Kier alpha value is -2.21. The number of rotatable bonds is 2. The first-order chi connectivity index (χ1) is 13.2. The van der Waals surface area contributed by atoms with E-state index in [-0.39, 0.29) is 23.3 Å². The number of aromatic nitrogens is 2. The second-order valence-electron chi connectivity index (χ2n) is 9.22. The maximum absolute atomic E-state index is 12.3. The lowest BCUT2D eigenvalue weighted by Crippen LogP contribution is -2.45. The lowest BCUT2D eigenvalue weighted by molar-refractivity contribution is -0.134. The first kappa shape index (κ1) is 19.1. The molecule has 6 nitrogen and oxygen atoms in total. The minimum absolute atomic E-state index is 0.189. The molecule has 2 fully saturated rings. The molecule has 28 heavy (non-hydrogen) atoms. The fourth-order valence-electron chi connectivity index (χ4n) is 4.65. The Labute approximate surface area is 166 Å². The van der Waals surface area contributed by atoms with Crippen molar-refractivity contribution < 1.29 is 9.59 Å². The van der Waals surface area contributed by atoms with Crippen molar-refractivity contribution in [3.63, 3.8) is 0 Å². The van der Waals surface area contributed by atoms with Crippen LogP contribution in [-0.2, 0) is 16.6 Å². The summed E-state index contributed by atoms with van der Waals surface area (Å²) in [5, 5.41) is 8.13. The van der Waals surface area contributed by atoms with Gasteiger partial charge in [0.25, 0.3) is 0 Å². The Balaban J connectivity index is 1.58. The molecule has 6 heteroatoms. The molecule has 0 spiro atoms. The number of imide groups is 1. The first-order valence-corrected chi connectivity index (χ1v) is 10.3. The van der Waals surface area contributed by atoms with E-state index in [1.165, 1.54) is 18.4 Å². The van der Waals surface area contributed by atoms with Gasteiger partial charge < -0.3 is 0 Å². The van der Waals surface area contributed by atoms with Gasteiger partial charge in [0.2, 0.25) is 11.8 Å². The minimum atomic E-state index is -0.345. The standard InChI is InChI=1S/C22H30N4O2/c1-22(2,3)26-11-9-14(10-12-26)15-5-6-16-18(13-15)25(4)24-20(16)17-7-8-19(27)23-21(17)28/h5-6,13-14,17H,7-12H2,1-4H3,(H,23,27,28). The smallest absolute Gasteiger partial charge is 0.235 e. The number of piperidine rings is 2. The molecule has 0 aliphatic carbocycles. The number of carbonyl (C=O) groups excluding carboxylic acids is 2. The maximum Gasteiger partial charge on any atom is 0.235 e. The molecule has 3 heterocycles. The van der Waals surface area contributed by atoms with Crippen molar-refractivity contribution in [3.8, 4) is 0 Å². The van der Waals surface area contributed by atoms with Crippen LogP contribution in [0.3, 0.4) is 0 Å². The second-order valence-corrected chi connectivity index (χ2v) is 9.22. The zero-order valence-corrected chi connectivity index (χ0v) is 17.3. The third kappa shape index (κ3) is 3.46. The van der Waals surface area contributed by atoms with E-state index >= 15 is 0 Å². The van der Waals surface area contributed by atoms with Crippen LogP contribution in [0.4, 0.5) is 0 Å². The molecule has 0 bridgehead atoms. The Morgan fingerprint density at radius 1 is 1.11 bits per heavy atom. The largest absolute Gasteiger partial charge is 0.298 e. The Kier molecular flexibility index (Phi) is 4.78. The molecule has 2 saturated heterocycles.